The lowest BCUT2D eigenvalue weighted by Crippen LogP contribution is -2.02. The standard InChI is InChI=1S/C10H6ClN3O2/c11-6-1-2-7(13-5-6)9-12-4-3-8(14-9)10(15)16/h1-5H,(H,15,16). The number of aromatic carboxylic acids is 1. The number of halogens is 1. The second kappa shape index (κ2) is 4.24. The fourth-order valence-corrected chi connectivity index (χ4v) is 1.22. The molecule has 0 atom stereocenters. The molecule has 6 heteroatoms. The van der Waals surface area contributed by atoms with E-state index in [4.69, 9.17) is 16.7 Å². The van der Waals surface area contributed by atoms with Gasteiger partial charge in [-0.1, -0.05) is 11.6 Å². The molecule has 0 fully saturated rings. The van der Waals surface area contributed by atoms with E-state index in [1.807, 2.05) is 0 Å². The Balaban J connectivity index is 2.44. The third kappa shape index (κ3) is 2.14. The van der Waals surface area contributed by atoms with Crippen molar-refractivity contribution in [1.82, 2.24) is 15.0 Å². The van der Waals surface area contributed by atoms with Gasteiger partial charge in [0.25, 0.3) is 0 Å². The van der Waals surface area contributed by atoms with Crippen molar-refractivity contribution < 1.29 is 9.90 Å². The molecule has 16 heavy (non-hydrogen) atoms. The fourth-order valence-electron chi connectivity index (χ4n) is 1.11. The molecule has 0 amide bonds. The van der Waals surface area contributed by atoms with Gasteiger partial charge in [0.2, 0.25) is 0 Å². The molecule has 0 aromatic carbocycles. The average molecular weight is 236 g/mol. The minimum atomic E-state index is -1.10. The van der Waals surface area contributed by atoms with Crippen LogP contribution in [-0.2, 0) is 0 Å². The van der Waals surface area contributed by atoms with E-state index in [0.29, 0.717) is 10.7 Å². The number of carboxylic acids is 1. The van der Waals surface area contributed by atoms with Crippen LogP contribution in [0.3, 0.4) is 0 Å². The molecule has 5 nitrogen and oxygen atoms in total. The second-order valence-corrected chi connectivity index (χ2v) is 3.37. The van der Waals surface area contributed by atoms with E-state index < -0.39 is 5.97 Å². The zero-order valence-corrected chi connectivity index (χ0v) is 8.72. The molecule has 2 aromatic heterocycles. The van der Waals surface area contributed by atoms with Gasteiger partial charge in [0.05, 0.1) is 5.02 Å². The molecular formula is C10H6ClN3O2. The molecular weight excluding hydrogens is 230 g/mol. The first kappa shape index (κ1) is 10.5. The number of pyridine rings is 1. The monoisotopic (exact) mass is 235 g/mol. The van der Waals surface area contributed by atoms with Gasteiger partial charge in [0, 0.05) is 12.4 Å². The van der Waals surface area contributed by atoms with E-state index in [2.05, 4.69) is 15.0 Å². The Kier molecular flexibility index (Phi) is 2.78. The summed E-state index contributed by atoms with van der Waals surface area (Å²) in [6.07, 6.45) is 2.83. The van der Waals surface area contributed by atoms with Gasteiger partial charge in [-0.2, -0.15) is 0 Å². The molecule has 2 aromatic rings. The van der Waals surface area contributed by atoms with E-state index in [1.165, 1.54) is 18.5 Å². The van der Waals surface area contributed by atoms with Crippen molar-refractivity contribution in [3.63, 3.8) is 0 Å². The van der Waals surface area contributed by atoms with Crippen LogP contribution in [-0.4, -0.2) is 26.0 Å². The summed E-state index contributed by atoms with van der Waals surface area (Å²) in [6, 6.07) is 4.59. The van der Waals surface area contributed by atoms with Crippen molar-refractivity contribution in [2.45, 2.75) is 0 Å². The smallest absolute Gasteiger partial charge is 0.354 e. The van der Waals surface area contributed by atoms with Crippen molar-refractivity contribution in [3.8, 4) is 11.5 Å². The first-order chi connectivity index (χ1) is 7.66. The van der Waals surface area contributed by atoms with Crippen LogP contribution < -0.4 is 0 Å². The van der Waals surface area contributed by atoms with Crippen molar-refractivity contribution in [1.29, 1.82) is 0 Å². The molecule has 0 spiro atoms. The average Bonchev–Trinajstić information content (AvgIpc) is 2.30. The predicted molar refractivity (Wildman–Crippen MR) is 57.2 cm³/mol. The van der Waals surface area contributed by atoms with Gasteiger partial charge in [0.1, 0.15) is 5.69 Å². The van der Waals surface area contributed by atoms with Crippen LogP contribution in [0.15, 0.2) is 30.6 Å². The summed E-state index contributed by atoms with van der Waals surface area (Å²) in [6.45, 7) is 0. The van der Waals surface area contributed by atoms with Gasteiger partial charge in [-0.05, 0) is 18.2 Å². The molecule has 0 unspecified atom stereocenters. The Morgan fingerprint density at radius 3 is 2.69 bits per heavy atom. The van der Waals surface area contributed by atoms with Crippen LogP contribution in [0.5, 0.6) is 0 Å². The lowest BCUT2D eigenvalue weighted by molar-refractivity contribution is 0.0690. The Labute approximate surface area is 95.8 Å². The third-order valence-electron chi connectivity index (χ3n) is 1.83. The lowest BCUT2D eigenvalue weighted by atomic mass is 10.3. The topological polar surface area (TPSA) is 76.0 Å². The van der Waals surface area contributed by atoms with Crippen molar-refractivity contribution in [2.24, 2.45) is 0 Å². The number of rotatable bonds is 2. The molecule has 0 aliphatic rings. The van der Waals surface area contributed by atoms with E-state index in [1.54, 1.807) is 12.1 Å². The maximum absolute atomic E-state index is 10.7. The number of carboxylic acid groups (broad SMARTS) is 1. The first-order valence-corrected chi connectivity index (χ1v) is 4.73. The Morgan fingerprint density at radius 1 is 1.25 bits per heavy atom. The number of hydrogen-bond donors (Lipinski definition) is 1. The van der Waals surface area contributed by atoms with Gasteiger partial charge < -0.3 is 5.11 Å². The zero-order valence-electron chi connectivity index (χ0n) is 7.96. The minimum absolute atomic E-state index is 0.0678. The Bertz CT molecular complexity index is 528. The highest BCUT2D eigenvalue weighted by Crippen LogP contribution is 2.14. The molecule has 0 radical (unpaired) electrons. The summed E-state index contributed by atoms with van der Waals surface area (Å²) in [5, 5.41) is 9.27. The molecule has 80 valence electrons. The van der Waals surface area contributed by atoms with Gasteiger partial charge in [0.15, 0.2) is 11.5 Å². The van der Waals surface area contributed by atoms with Crippen molar-refractivity contribution >= 4 is 17.6 Å². The molecule has 2 heterocycles. The molecule has 0 saturated heterocycles. The summed E-state index contributed by atoms with van der Waals surface area (Å²) in [5.74, 6) is -0.839. The number of carbonyl (C=O) groups is 1. The van der Waals surface area contributed by atoms with Crippen molar-refractivity contribution in [2.75, 3.05) is 0 Å². The van der Waals surface area contributed by atoms with Gasteiger partial charge >= 0.3 is 5.97 Å². The van der Waals surface area contributed by atoms with Gasteiger partial charge in [-0.25, -0.2) is 14.8 Å². The zero-order chi connectivity index (χ0) is 11.5. The molecule has 0 aliphatic heterocycles. The molecule has 1 N–H and O–H groups in total. The third-order valence-corrected chi connectivity index (χ3v) is 2.05. The summed E-state index contributed by atoms with van der Waals surface area (Å²) in [4.78, 5) is 22.5. The predicted octanol–water partition coefficient (Wildman–Crippen LogP) is 1.89. The maximum Gasteiger partial charge on any atom is 0.354 e. The normalized spacial score (nSPS) is 10.1. The second-order valence-electron chi connectivity index (χ2n) is 2.93. The Hall–Kier alpha value is -2.01. The highest BCUT2D eigenvalue weighted by Gasteiger charge is 2.08. The summed E-state index contributed by atoms with van der Waals surface area (Å²) in [5.41, 5.74) is 0.411. The van der Waals surface area contributed by atoms with E-state index in [9.17, 15) is 4.79 Å². The number of nitrogens with zero attached hydrogens (tertiary/aromatic N) is 3. The van der Waals surface area contributed by atoms with Crippen molar-refractivity contribution in [3.05, 3.63) is 41.3 Å². The Morgan fingerprint density at radius 2 is 2.06 bits per heavy atom. The fraction of sp³-hybridized carbons (Fsp3) is 0. The van der Waals surface area contributed by atoms with E-state index >= 15 is 0 Å². The van der Waals surface area contributed by atoms with E-state index in [-0.39, 0.29) is 11.5 Å². The van der Waals surface area contributed by atoms with Crippen LogP contribution in [0.2, 0.25) is 5.02 Å². The molecule has 0 saturated carbocycles. The SMILES string of the molecule is O=C(O)c1ccnc(-c2ccc(Cl)cn2)n1. The van der Waals surface area contributed by atoms with Gasteiger partial charge in [-0.3, -0.25) is 4.98 Å². The lowest BCUT2D eigenvalue weighted by Gasteiger charge is -1.99. The molecule has 2 rings (SSSR count). The van der Waals surface area contributed by atoms with Crippen LogP contribution in [0.25, 0.3) is 11.5 Å². The number of aromatic nitrogens is 3. The minimum Gasteiger partial charge on any atom is -0.477 e. The van der Waals surface area contributed by atoms with E-state index in [0.717, 1.165) is 0 Å². The maximum atomic E-state index is 10.7. The quantitative estimate of drug-likeness (QED) is 0.860. The largest absolute Gasteiger partial charge is 0.477 e. The number of hydrogen-bond acceptors (Lipinski definition) is 4. The van der Waals surface area contributed by atoms with Crippen LogP contribution in [0.4, 0.5) is 0 Å². The summed E-state index contributed by atoms with van der Waals surface area (Å²) >= 11 is 5.68. The van der Waals surface area contributed by atoms with Crippen LogP contribution in [0.1, 0.15) is 10.5 Å². The van der Waals surface area contributed by atoms with Crippen LogP contribution >= 0.6 is 11.6 Å². The van der Waals surface area contributed by atoms with Crippen LogP contribution in [0, 0.1) is 0 Å². The molecule has 0 bridgehead atoms. The highest BCUT2D eigenvalue weighted by molar-refractivity contribution is 6.30. The van der Waals surface area contributed by atoms with Gasteiger partial charge in [-0.15, -0.1) is 0 Å². The first-order valence-electron chi connectivity index (χ1n) is 4.35. The summed E-state index contributed by atoms with van der Waals surface area (Å²) < 4.78 is 0. The summed E-state index contributed by atoms with van der Waals surface area (Å²) in [7, 11) is 0. The highest BCUT2D eigenvalue weighted by atomic mass is 35.5. The molecule has 0 aliphatic carbocycles.